The fraction of sp³-hybridized carbons (Fsp3) is 0.333. The van der Waals surface area contributed by atoms with Gasteiger partial charge < -0.3 is 9.47 Å². The molecule has 0 radical (unpaired) electrons. The van der Waals surface area contributed by atoms with Crippen LogP contribution in [-0.4, -0.2) is 28.9 Å². The second-order valence-corrected chi connectivity index (χ2v) is 8.22. The van der Waals surface area contributed by atoms with Crippen molar-refractivity contribution >= 4 is 34.8 Å². The fourth-order valence-electron chi connectivity index (χ4n) is 4.64. The summed E-state index contributed by atoms with van der Waals surface area (Å²) in [6.07, 6.45) is 0.983. The minimum atomic E-state index is -0.581. The summed E-state index contributed by atoms with van der Waals surface area (Å²) in [6, 6.07) is 8.95. The normalized spacial score (nSPS) is 26.9. The van der Waals surface area contributed by atoms with Crippen LogP contribution in [0.2, 0.25) is 5.02 Å². The SMILES string of the molecule is Cc1cc(Oc2cc(N3C(=O)C4C5CCC(O5)C4C3=O)cc([N+](=O)[O-])c2)ccc1Cl. The van der Waals surface area contributed by atoms with Gasteiger partial charge in [-0.3, -0.25) is 19.7 Å². The molecule has 0 spiro atoms. The zero-order valence-electron chi connectivity index (χ0n) is 15.9. The molecule has 0 N–H and O–H groups in total. The van der Waals surface area contributed by atoms with Crippen LogP contribution in [0.5, 0.6) is 11.5 Å². The molecule has 154 valence electrons. The first-order valence-corrected chi connectivity index (χ1v) is 9.98. The van der Waals surface area contributed by atoms with Crippen molar-refractivity contribution in [2.24, 2.45) is 11.8 Å². The number of aryl methyl sites for hydroxylation is 1. The van der Waals surface area contributed by atoms with Crippen LogP contribution < -0.4 is 9.64 Å². The number of non-ortho nitro benzene ring substituents is 1. The third kappa shape index (κ3) is 2.86. The van der Waals surface area contributed by atoms with Gasteiger partial charge in [0.05, 0.1) is 40.7 Å². The van der Waals surface area contributed by atoms with Gasteiger partial charge in [-0.2, -0.15) is 0 Å². The minimum absolute atomic E-state index is 0.133. The van der Waals surface area contributed by atoms with Crippen molar-refractivity contribution in [3.8, 4) is 11.5 Å². The fourth-order valence-corrected chi connectivity index (χ4v) is 4.76. The van der Waals surface area contributed by atoms with Crippen LogP contribution >= 0.6 is 11.6 Å². The first-order chi connectivity index (χ1) is 14.3. The highest BCUT2D eigenvalue weighted by molar-refractivity contribution is 6.31. The number of hydrogen-bond donors (Lipinski definition) is 0. The molecule has 2 aromatic rings. The Kier molecular flexibility index (Phi) is 4.30. The lowest BCUT2D eigenvalue weighted by molar-refractivity contribution is -0.384. The summed E-state index contributed by atoms with van der Waals surface area (Å²) in [5.41, 5.74) is 0.645. The number of anilines is 1. The quantitative estimate of drug-likeness (QED) is 0.414. The summed E-state index contributed by atoms with van der Waals surface area (Å²) in [6.45, 7) is 1.81. The Morgan fingerprint density at radius 3 is 2.33 bits per heavy atom. The van der Waals surface area contributed by atoms with Crippen molar-refractivity contribution in [1.29, 1.82) is 0 Å². The van der Waals surface area contributed by atoms with Crippen LogP contribution in [0.15, 0.2) is 36.4 Å². The third-order valence-corrected chi connectivity index (χ3v) is 6.42. The molecular weight excluding hydrogens is 412 g/mol. The summed E-state index contributed by atoms with van der Waals surface area (Å²) >= 11 is 6.03. The number of halogens is 1. The van der Waals surface area contributed by atoms with Gasteiger partial charge in [-0.15, -0.1) is 0 Å². The van der Waals surface area contributed by atoms with Crippen LogP contribution in [0.1, 0.15) is 18.4 Å². The zero-order chi connectivity index (χ0) is 21.2. The van der Waals surface area contributed by atoms with Gasteiger partial charge in [-0.25, -0.2) is 4.90 Å². The molecule has 4 unspecified atom stereocenters. The van der Waals surface area contributed by atoms with Crippen LogP contribution in [0.25, 0.3) is 0 Å². The Bertz CT molecular complexity index is 1070. The molecule has 4 atom stereocenters. The van der Waals surface area contributed by atoms with E-state index in [1.807, 2.05) is 6.92 Å². The van der Waals surface area contributed by atoms with E-state index in [-0.39, 0.29) is 41.1 Å². The number of carbonyl (C=O) groups excluding carboxylic acids is 2. The molecule has 0 aromatic heterocycles. The molecule has 3 fully saturated rings. The predicted octanol–water partition coefficient (Wildman–Crippen LogP) is 4.02. The second kappa shape index (κ2) is 6.78. The van der Waals surface area contributed by atoms with E-state index in [0.717, 1.165) is 23.3 Å². The van der Waals surface area contributed by atoms with Gasteiger partial charge in [0.25, 0.3) is 5.69 Å². The van der Waals surface area contributed by atoms with E-state index in [1.54, 1.807) is 18.2 Å². The number of nitrogens with zero attached hydrogens (tertiary/aromatic N) is 2. The number of carbonyl (C=O) groups is 2. The third-order valence-electron chi connectivity index (χ3n) is 5.99. The monoisotopic (exact) mass is 428 g/mol. The Morgan fingerprint density at radius 1 is 1.07 bits per heavy atom. The average Bonchev–Trinajstić information content (AvgIpc) is 3.38. The van der Waals surface area contributed by atoms with E-state index in [4.69, 9.17) is 21.1 Å². The Balaban J connectivity index is 1.52. The maximum atomic E-state index is 13.0. The number of benzene rings is 2. The highest BCUT2D eigenvalue weighted by Crippen LogP contribution is 2.50. The van der Waals surface area contributed by atoms with E-state index in [0.29, 0.717) is 10.8 Å². The van der Waals surface area contributed by atoms with Crippen molar-refractivity contribution in [3.63, 3.8) is 0 Å². The maximum Gasteiger partial charge on any atom is 0.275 e. The van der Waals surface area contributed by atoms with Gasteiger partial charge in [0.1, 0.15) is 11.5 Å². The van der Waals surface area contributed by atoms with E-state index < -0.39 is 16.8 Å². The number of rotatable bonds is 4. The van der Waals surface area contributed by atoms with Crippen LogP contribution in [-0.2, 0) is 14.3 Å². The Labute approximate surface area is 176 Å². The standard InChI is InChI=1S/C21H17ClN2O6/c1-10-6-13(2-3-15(10)22)29-14-8-11(7-12(9-14)24(27)28)23-20(25)18-16-4-5-17(30-16)19(18)21(23)26/h2-3,6-9,16-19H,4-5H2,1H3. The molecule has 2 amide bonds. The summed E-state index contributed by atoms with van der Waals surface area (Å²) < 4.78 is 11.5. The number of hydrogen-bond acceptors (Lipinski definition) is 6. The van der Waals surface area contributed by atoms with Gasteiger partial charge in [-0.05, 0) is 43.5 Å². The van der Waals surface area contributed by atoms with E-state index in [9.17, 15) is 19.7 Å². The summed E-state index contributed by atoms with van der Waals surface area (Å²) in [4.78, 5) is 38.0. The summed E-state index contributed by atoms with van der Waals surface area (Å²) in [5.74, 6) is -1.18. The van der Waals surface area contributed by atoms with Gasteiger partial charge >= 0.3 is 0 Å². The van der Waals surface area contributed by atoms with Gasteiger partial charge in [-0.1, -0.05) is 11.6 Å². The molecule has 5 rings (SSSR count). The molecular formula is C21H17ClN2O6. The molecule has 3 aliphatic heterocycles. The highest BCUT2D eigenvalue weighted by atomic mass is 35.5. The molecule has 9 heteroatoms. The van der Waals surface area contributed by atoms with Crippen molar-refractivity contribution in [2.75, 3.05) is 4.90 Å². The smallest absolute Gasteiger partial charge is 0.275 e. The van der Waals surface area contributed by atoms with Crippen molar-refractivity contribution in [2.45, 2.75) is 32.0 Å². The van der Waals surface area contributed by atoms with E-state index in [1.165, 1.54) is 18.2 Å². The van der Waals surface area contributed by atoms with Crippen LogP contribution in [0.4, 0.5) is 11.4 Å². The lowest BCUT2D eigenvalue weighted by atomic mass is 9.81. The maximum absolute atomic E-state index is 13.0. The number of nitro groups is 1. The van der Waals surface area contributed by atoms with Crippen molar-refractivity contribution in [1.82, 2.24) is 0 Å². The first kappa shape index (κ1) is 19.0. The minimum Gasteiger partial charge on any atom is -0.457 e. The lowest BCUT2D eigenvalue weighted by Gasteiger charge is -2.18. The first-order valence-electron chi connectivity index (χ1n) is 9.60. The Hall–Kier alpha value is -2.97. The van der Waals surface area contributed by atoms with Crippen LogP contribution in [0, 0.1) is 28.9 Å². The molecule has 2 aromatic carbocycles. The summed E-state index contributed by atoms with van der Waals surface area (Å²) in [7, 11) is 0. The second-order valence-electron chi connectivity index (χ2n) is 7.81. The molecule has 3 heterocycles. The molecule has 2 bridgehead atoms. The zero-order valence-corrected chi connectivity index (χ0v) is 16.7. The van der Waals surface area contributed by atoms with Crippen LogP contribution in [0.3, 0.4) is 0 Å². The van der Waals surface area contributed by atoms with Gasteiger partial charge in [0.15, 0.2) is 0 Å². The summed E-state index contributed by atoms with van der Waals surface area (Å²) in [5, 5.41) is 12.0. The van der Waals surface area contributed by atoms with E-state index in [2.05, 4.69) is 0 Å². The van der Waals surface area contributed by atoms with E-state index >= 15 is 0 Å². The lowest BCUT2D eigenvalue weighted by Crippen LogP contribution is -2.34. The average molecular weight is 429 g/mol. The van der Waals surface area contributed by atoms with Crippen molar-refractivity contribution in [3.05, 3.63) is 57.1 Å². The number of amides is 2. The van der Waals surface area contributed by atoms with Gasteiger partial charge in [0, 0.05) is 17.2 Å². The molecule has 0 saturated carbocycles. The molecule has 8 nitrogen and oxygen atoms in total. The van der Waals surface area contributed by atoms with Gasteiger partial charge in [0.2, 0.25) is 11.8 Å². The van der Waals surface area contributed by atoms with Crippen molar-refractivity contribution < 1.29 is 24.0 Å². The topological polar surface area (TPSA) is 99.0 Å². The molecule has 0 aliphatic carbocycles. The predicted molar refractivity (Wildman–Crippen MR) is 107 cm³/mol. The number of fused-ring (bicyclic) bond motifs is 5. The number of ether oxygens (including phenoxy) is 2. The highest BCUT2D eigenvalue weighted by Gasteiger charge is 2.62. The number of nitro benzene ring substituents is 1. The number of imide groups is 1. The largest absolute Gasteiger partial charge is 0.457 e. The molecule has 3 aliphatic rings. The molecule has 3 saturated heterocycles. The Morgan fingerprint density at radius 2 is 1.73 bits per heavy atom. The molecule has 30 heavy (non-hydrogen) atoms.